The van der Waals surface area contributed by atoms with Gasteiger partial charge in [0, 0.05) is 12.6 Å². The van der Waals surface area contributed by atoms with Crippen LogP contribution in [0, 0.1) is 0 Å². The number of aromatic nitrogens is 2. The van der Waals surface area contributed by atoms with Gasteiger partial charge in [-0.1, -0.05) is 12.1 Å². The van der Waals surface area contributed by atoms with Gasteiger partial charge >= 0.3 is 0 Å². The first-order chi connectivity index (χ1) is 11.6. The molecule has 1 atom stereocenters. The van der Waals surface area contributed by atoms with E-state index in [1.54, 1.807) is 33.1 Å². The summed E-state index contributed by atoms with van der Waals surface area (Å²) in [5.41, 5.74) is 4.39. The lowest BCUT2D eigenvalue weighted by atomic mass is 10.1. The van der Waals surface area contributed by atoms with Crippen molar-refractivity contribution in [2.75, 3.05) is 7.05 Å². The van der Waals surface area contributed by atoms with Crippen LogP contribution >= 0.6 is 22.7 Å². The summed E-state index contributed by atoms with van der Waals surface area (Å²) < 4.78 is 2.17. The molecule has 0 aliphatic heterocycles. The minimum Gasteiger partial charge on any atom is -0.333 e. The highest BCUT2D eigenvalue weighted by molar-refractivity contribution is 7.18. The Balaban J connectivity index is 1.63. The molecule has 24 heavy (non-hydrogen) atoms. The zero-order valence-corrected chi connectivity index (χ0v) is 14.9. The van der Waals surface area contributed by atoms with Crippen molar-refractivity contribution in [3.8, 4) is 0 Å². The van der Waals surface area contributed by atoms with Crippen molar-refractivity contribution in [3.05, 3.63) is 58.5 Å². The highest BCUT2D eigenvalue weighted by atomic mass is 32.1. The van der Waals surface area contributed by atoms with Crippen LogP contribution in [0.4, 0.5) is 0 Å². The van der Waals surface area contributed by atoms with Crippen LogP contribution < -0.4 is 0 Å². The molecule has 0 unspecified atom stereocenters. The van der Waals surface area contributed by atoms with Gasteiger partial charge in [0.05, 0.1) is 32.0 Å². The SMILES string of the molecule is C[C@H](c1nc2ccccc2s1)N(C)C(=O)c1ccc2ncsc2c1. The lowest BCUT2D eigenvalue weighted by molar-refractivity contribution is 0.0743. The van der Waals surface area contributed by atoms with Crippen LogP contribution in [-0.2, 0) is 0 Å². The third-order valence-electron chi connectivity index (χ3n) is 4.15. The van der Waals surface area contributed by atoms with E-state index in [4.69, 9.17) is 0 Å². The van der Waals surface area contributed by atoms with Crippen molar-refractivity contribution in [1.29, 1.82) is 0 Å². The Bertz CT molecular complexity index is 1000. The molecule has 2 heterocycles. The number of fused-ring (bicyclic) bond motifs is 2. The van der Waals surface area contributed by atoms with Gasteiger partial charge in [-0.25, -0.2) is 9.97 Å². The minimum atomic E-state index is -0.0768. The molecule has 0 radical (unpaired) electrons. The highest BCUT2D eigenvalue weighted by Gasteiger charge is 2.22. The first kappa shape index (κ1) is 15.2. The van der Waals surface area contributed by atoms with Crippen molar-refractivity contribution < 1.29 is 4.79 Å². The summed E-state index contributed by atoms with van der Waals surface area (Å²) in [6.45, 7) is 2.01. The van der Waals surface area contributed by atoms with Crippen LogP contribution in [0.5, 0.6) is 0 Å². The van der Waals surface area contributed by atoms with Gasteiger partial charge in [-0.2, -0.15) is 0 Å². The zero-order chi connectivity index (χ0) is 16.7. The summed E-state index contributed by atoms with van der Waals surface area (Å²) in [6, 6.07) is 13.6. The predicted molar refractivity (Wildman–Crippen MR) is 99.7 cm³/mol. The number of rotatable bonds is 3. The molecule has 0 spiro atoms. The van der Waals surface area contributed by atoms with E-state index in [-0.39, 0.29) is 11.9 Å². The number of thiazole rings is 2. The lowest BCUT2D eigenvalue weighted by Crippen LogP contribution is -2.29. The number of benzene rings is 2. The molecule has 2 aromatic heterocycles. The Morgan fingerprint density at radius 2 is 1.96 bits per heavy atom. The number of nitrogens with zero attached hydrogens (tertiary/aromatic N) is 3. The normalized spacial score (nSPS) is 12.6. The smallest absolute Gasteiger partial charge is 0.254 e. The standard InChI is InChI=1S/C18H15N3OS2/c1-11(17-20-14-5-3-4-6-15(14)24-17)21(2)18(22)12-7-8-13-16(9-12)23-10-19-13/h3-11H,1-2H3/t11-/m1/s1. The highest BCUT2D eigenvalue weighted by Crippen LogP contribution is 2.30. The van der Waals surface area contributed by atoms with E-state index in [0.717, 1.165) is 25.4 Å². The summed E-state index contributed by atoms with van der Waals surface area (Å²) in [6.07, 6.45) is 0. The topological polar surface area (TPSA) is 46.1 Å². The second-order valence-electron chi connectivity index (χ2n) is 5.65. The van der Waals surface area contributed by atoms with E-state index >= 15 is 0 Å². The van der Waals surface area contributed by atoms with Crippen molar-refractivity contribution in [3.63, 3.8) is 0 Å². The number of carbonyl (C=O) groups excluding carboxylic acids is 1. The Morgan fingerprint density at radius 3 is 2.79 bits per heavy atom. The Kier molecular flexibility index (Phi) is 3.78. The Morgan fingerprint density at radius 1 is 1.12 bits per heavy atom. The van der Waals surface area contributed by atoms with Crippen molar-refractivity contribution >= 4 is 49.0 Å². The molecule has 0 saturated heterocycles. The van der Waals surface area contributed by atoms with Crippen molar-refractivity contribution in [2.45, 2.75) is 13.0 Å². The molecular weight excluding hydrogens is 338 g/mol. The second-order valence-corrected chi connectivity index (χ2v) is 7.60. The summed E-state index contributed by atoms with van der Waals surface area (Å²) in [7, 11) is 1.83. The van der Waals surface area contributed by atoms with Crippen molar-refractivity contribution in [2.24, 2.45) is 0 Å². The van der Waals surface area contributed by atoms with Crippen LogP contribution in [0.15, 0.2) is 48.0 Å². The maximum atomic E-state index is 12.8. The average molecular weight is 353 g/mol. The van der Waals surface area contributed by atoms with Gasteiger partial charge in [0.15, 0.2) is 0 Å². The lowest BCUT2D eigenvalue weighted by Gasteiger charge is -2.23. The van der Waals surface area contributed by atoms with E-state index in [2.05, 4.69) is 16.0 Å². The fraction of sp³-hybridized carbons (Fsp3) is 0.167. The monoisotopic (exact) mass is 353 g/mol. The van der Waals surface area contributed by atoms with Crippen LogP contribution in [0.1, 0.15) is 28.3 Å². The zero-order valence-electron chi connectivity index (χ0n) is 13.3. The first-order valence-corrected chi connectivity index (χ1v) is 9.29. The molecule has 0 aliphatic carbocycles. The van der Waals surface area contributed by atoms with E-state index in [1.165, 1.54) is 0 Å². The summed E-state index contributed by atoms with van der Waals surface area (Å²) in [5.74, 6) is -0.00273. The Hall–Kier alpha value is -2.31. The number of para-hydroxylation sites is 1. The molecule has 1 amide bonds. The summed E-state index contributed by atoms with van der Waals surface area (Å²) in [5, 5.41) is 0.950. The maximum absolute atomic E-state index is 12.8. The first-order valence-electron chi connectivity index (χ1n) is 7.59. The van der Waals surface area contributed by atoms with E-state index < -0.39 is 0 Å². The quantitative estimate of drug-likeness (QED) is 0.534. The maximum Gasteiger partial charge on any atom is 0.254 e. The Labute approximate surface area is 147 Å². The second kappa shape index (κ2) is 5.96. The third kappa shape index (κ3) is 2.57. The molecule has 4 nitrogen and oxygen atoms in total. The van der Waals surface area contributed by atoms with E-state index in [1.807, 2.05) is 50.4 Å². The average Bonchev–Trinajstić information content (AvgIpc) is 3.25. The predicted octanol–water partition coefficient (Wildman–Crippen LogP) is 4.74. The van der Waals surface area contributed by atoms with Crippen LogP contribution in [0.25, 0.3) is 20.4 Å². The molecule has 0 saturated carbocycles. The molecule has 4 aromatic rings. The summed E-state index contributed by atoms with van der Waals surface area (Å²) >= 11 is 3.18. The van der Waals surface area contributed by atoms with Crippen LogP contribution in [-0.4, -0.2) is 27.8 Å². The number of hydrogen-bond donors (Lipinski definition) is 0. The van der Waals surface area contributed by atoms with Gasteiger partial charge in [-0.15, -0.1) is 22.7 Å². The fourth-order valence-corrected chi connectivity index (χ4v) is 4.38. The fourth-order valence-electron chi connectivity index (χ4n) is 2.60. The molecule has 6 heteroatoms. The number of hydrogen-bond acceptors (Lipinski definition) is 5. The van der Waals surface area contributed by atoms with Crippen LogP contribution in [0.3, 0.4) is 0 Å². The number of carbonyl (C=O) groups is 1. The van der Waals surface area contributed by atoms with Gasteiger partial charge in [0.2, 0.25) is 0 Å². The van der Waals surface area contributed by atoms with Gasteiger partial charge < -0.3 is 4.90 Å². The van der Waals surface area contributed by atoms with Gasteiger partial charge in [0.25, 0.3) is 5.91 Å². The van der Waals surface area contributed by atoms with E-state index in [9.17, 15) is 4.79 Å². The molecule has 2 aromatic carbocycles. The molecule has 0 fully saturated rings. The largest absolute Gasteiger partial charge is 0.333 e. The van der Waals surface area contributed by atoms with Gasteiger partial charge in [0.1, 0.15) is 5.01 Å². The van der Waals surface area contributed by atoms with E-state index in [0.29, 0.717) is 5.56 Å². The van der Waals surface area contributed by atoms with Crippen molar-refractivity contribution in [1.82, 2.24) is 14.9 Å². The van der Waals surface area contributed by atoms with Gasteiger partial charge in [-0.3, -0.25) is 4.79 Å². The molecule has 0 N–H and O–H groups in total. The molecule has 0 aliphatic rings. The minimum absolute atomic E-state index is 0.00273. The third-order valence-corrected chi connectivity index (χ3v) is 6.15. The number of amides is 1. The van der Waals surface area contributed by atoms with Crippen LogP contribution in [0.2, 0.25) is 0 Å². The van der Waals surface area contributed by atoms with Gasteiger partial charge in [-0.05, 0) is 37.3 Å². The molecule has 4 rings (SSSR count). The molecular formula is C18H15N3OS2. The summed E-state index contributed by atoms with van der Waals surface area (Å²) in [4.78, 5) is 23.5. The molecule has 0 bridgehead atoms. The molecule has 120 valence electrons.